The Morgan fingerprint density at radius 2 is 2.17 bits per heavy atom. The van der Waals surface area contributed by atoms with Gasteiger partial charge in [0, 0.05) is 18.4 Å². The zero-order valence-electron chi connectivity index (χ0n) is 12.3. The van der Waals surface area contributed by atoms with Crippen LogP contribution in [0.5, 0.6) is 11.5 Å². The van der Waals surface area contributed by atoms with Crippen LogP contribution in [0, 0.1) is 6.92 Å². The molecule has 1 aliphatic heterocycles. The molecule has 1 N–H and O–H groups in total. The molecule has 116 valence electrons. The van der Waals surface area contributed by atoms with Crippen LogP contribution in [0.25, 0.3) is 5.78 Å². The average Bonchev–Trinajstić information content (AvgIpc) is 3.19. The molecule has 0 saturated heterocycles. The van der Waals surface area contributed by atoms with Crippen LogP contribution in [0.4, 0.5) is 0 Å². The normalized spacial score (nSPS) is 12.6. The summed E-state index contributed by atoms with van der Waals surface area (Å²) >= 11 is 0. The first kappa shape index (κ1) is 13.5. The van der Waals surface area contributed by atoms with Crippen LogP contribution >= 0.6 is 0 Å². The van der Waals surface area contributed by atoms with E-state index in [2.05, 4.69) is 20.4 Å². The summed E-state index contributed by atoms with van der Waals surface area (Å²) < 4.78 is 12.1. The number of nitrogens with one attached hydrogen (secondary N) is 1. The summed E-state index contributed by atoms with van der Waals surface area (Å²) in [6.07, 6.45) is 1.63. The van der Waals surface area contributed by atoms with E-state index in [1.807, 2.05) is 25.1 Å². The van der Waals surface area contributed by atoms with Crippen molar-refractivity contribution in [3.8, 4) is 11.5 Å². The monoisotopic (exact) mass is 311 g/mol. The number of ether oxygens (including phenoxy) is 2. The standard InChI is InChI=1S/C15H13N5O3/c1-9-4-5-16-15-18-13(19-20(9)15)14(21)17-7-10-2-3-11-12(6-10)23-8-22-11/h2-6H,7-8H2,1H3,(H,17,21). The van der Waals surface area contributed by atoms with Crippen molar-refractivity contribution in [3.05, 3.63) is 47.5 Å². The number of amides is 1. The molecule has 1 aromatic carbocycles. The van der Waals surface area contributed by atoms with E-state index in [0.717, 1.165) is 11.3 Å². The second-order valence-corrected chi connectivity index (χ2v) is 5.10. The fraction of sp³-hybridized carbons (Fsp3) is 0.200. The molecule has 1 aliphatic rings. The molecular formula is C15H13N5O3. The summed E-state index contributed by atoms with van der Waals surface area (Å²) in [4.78, 5) is 20.4. The van der Waals surface area contributed by atoms with Crippen LogP contribution < -0.4 is 14.8 Å². The maximum atomic E-state index is 12.2. The average molecular weight is 311 g/mol. The minimum absolute atomic E-state index is 0.0903. The third-order valence-corrected chi connectivity index (χ3v) is 3.52. The van der Waals surface area contributed by atoms with E-state index in [1.165, 1.54) is 4.52 Å². The van der Waals surface area contributed by atoms with E-state index < -0.39 is 0 Å². The van der Waals surface area contributed by atoms with Crippen molar-refractivity contribution >= 4 is 11.7 Å². The van der Waals surface area contributed by atoms with Crippen LogP contribution in [0.15, 0.2) is 30.5 Å². The van der Waals surface area contributed by atoms with E-state index in [0.29, 0.717) is 23.8 Å². The van der Waals surface area contributed by atoms with Gasteiger partial charge in [-0.25, -0.2) is 9.50 Å². The number of fused-ring (bicyclic) bond motifs is 2. The predicted octanol–water partition coefficient (Wildman–Crippen LogP) is 1.09. The van der Waals surface area contributed by atoms with Gasteiger partial charge in [-0.05, 0) is 30.7 Å². The summed E-state index contributed by atoms with van der Waals surface area (Å²) in [6, 6.07) is 7.33. The Balaban J connectivity index is 1.50. The van der Waals surface area contributed by atoms with Gasteiger partial charge in [0.05, 0.1) is 0 Å². The molecule has 23 heavy (non-hydrogen) atoms. The number of hydrogen-bond acceptors (Lipinski definition) is 6. The van der Waals surface area contributed by atoms with E-state index >= 15 is 0 Å². The van der Waals surface area contributed by atoms with Crippen molar-refractivity contribution in [1.82, 2.24) is 24.9 Å². The van der Waals surface area contributed by atoms with Gasteiger partial charge in [-0.15, -0.1) is 5.10 Å². The highest BCUT2D eigenvalue weighted by Gasteiger charge is 2.16. The number of benzene rings is 1. The van der Waals surface area contributed by atoms with Crippen molar-refractivity contribution in [1.29, 1.82) is 0 Å². The van der Waals surface area contributed by atoms with Crippen LogP contribution in [-0.4, -0.2) is 32.3 Å². The number of aromatic nitrogens is 4. The Labute approximate surface area is 131 Å². The lowest BCUT2D eigenvalue weighted by atomic mass is 10.2. The topological polar surface area (TPSA) is 90.6 Å². The zero-order valence-corrected chi connectivity index (χ0v) is 12.3. The molecule has 0 bridgehead atoms. The first-order chi connectivity index (χ1) is 11.2. The summed E-state index contributed by atoms with van der Waals surface area (Å²) in [7, 11) is 0. The first-order valence-corrected chi connectivity index (χ1v) is 7.06. The highest BCUT2D eigenvalue weighted by Crippen LogP contribution is 2.32. The molecule has 0 saturated carbocycles. The van der Waals surface area contributed by atoms with Gasteiger partial charge in [0.15, 0.2) is 11.5 Å². The predicted molar refractivity (Wildman–Crippen MR) is 79.3 cm³/mol. The second-order valence-electron chi connectivity index (χ2n) is 5.10. The number of carbonyl (C=O) groups is 1. The summed E-state index contributed by atoms with van der Waals surface area (Å²) in [5, 5.41) is 6.95. The van der Waals surface area contributed by atoms with Crippen molar-refractivity contribution in [2.45, 2.75) is 13.5 Å². The number of rotatable bonds is 3. The molecule has 8 heteroatoms. The maximum absolute atomic E-state index is 12.2. The minimum atomic E-state index is -0.354. The van der Waals surface area contributed by atoms with E-state index in [-0.39, 0.29) is 18.5 Å². The van der Waals surface area contributed by atoms with Crippen molar-refractivity contribution < 1.29 is 14.3 Å². The molecule has 0 radical (unpaired) electrons. The van der Waals surface area contributed by atoms with Crippen LogP contribution in [0.1, 0.15) is 21.9 Å². The first-order valence-electron chi connectivity index (χ1n) is 7.06. The van der Waals surface area contributed by atoms with Gasteiger partial charge in [-0.1, -0.05) is 6.07 Å². The number of nitrogens with zero attached hydrogens (tertiary/aromatic N) is 4. The molecule has 1 amide bonds. The number of carbonyl (C=O) groups excluding carboxylic acids is 1. The summed E-state index contributed by atoms with van der Waals surface area (Å²) in [5.41, 5.74) is 1.76. The largest absolute Gasteiger partial charge is 0.454 e. The molecule has 0 spiro atoms. The quantitative estimate of drug-likeness (QED) is 0.778. The summed E-state index contributed by atoms with van der Waals surface area (Å²) in [6.45, 7) is 2.44. The van der Waals surface area contributed by atoms with E-state index in [9.17, 15) is 4.79 Å². The van der Waals surface area contributed by atoms with Crippen molar-refractivity contribution in [3.63, 3.8) is 0 Å². The Kier molecular flexibility index (Phi) is 3.07. The van der Waals surface area contributed by atoms with Gasteiger partial charge >= 0.3 is 0 Å². The van der Waals surface area contributed by atoms with Crippen LogP contribution in [0.3, 0.4) is 0 Å². The maximum Gasteiger partial charge on any atom is 0.291 e. The second kappa shape index (κ2) is 5.24. The summed E-state index contributed by atoms with van der Waals surface area (Å²) in [5.74, 6) is 1.53. The molecule has 8 nitrogen and oxygen atoms in total. The Morgan fingerprint density at radius 1 is 1.30 bits per heavy atom. The van der Waals surface area contributed by atoms with Gasteiger partial charge in [0.25, 0.3) is 11.7 Å². The Hall–Kier alpha value is -3.16. The molecule has 0 aliphatic carbocycles. The minimum Gasteiger partial charge on any atom is -0.454 e. The van der Waals surface area contributed by atoms with E-state index in [4.69, 9.17) is 9.47 Å². The molecule has 4 rings (SSSR count). The Bertz CT molecular complexity index is 905. The van der Waals surface area contributed by atoms with Crippen LogP contribution in [0.2, 0.25) is 0 Å². The third-order valence-electron chi connectivity index (χ3n) is 3.52. The SMILES string of the molecule is Cc1ccnc2nc(C(=O)NCc3ccc4c(c3)OCO4)nn12. The molecule has 0 atom stereocenters. The highest BCUT2D eigenvalue weighted by atomic mass is 16.7. The lowest BCUT2D eigenvalue weighted by Crippen LogP contribution is -2.24. The van der Waals surface area contributed by atoms with E-state index in [1.54, 1.807) is 12.3 Å². The number of aryl methyl sites for hydroxylation is 1. The lowest BCUT2D eigenvalue weighted by molar-refractivity contribution is 0.0940. The molecule has 0 unspecified atom stereocenters. The number of hydrogen-bond donors (Lipinski definition) is 1. The smallest absolute Gasteiger partial charge is 0.291 e. The molecule has 2 aromatic heterocycles. The molecule has 0 fully saturated rings. The van der Waals surface area contributed by atoms with Crippen LogP contribution in [-0.2, 0) is 6.54 Å². The fourth-order valence-corrected chi connectivity index (χ4v) is 2.31. The molecular weight excluding hydrogens is 298 g/mol. The Morgan fingerprint density at radius 3 is 3.04 bits per heavy atom. The fourth-order valence-electron chi connectivity index (χ4n) is 2.31. The van der Waals surface area contributed by atoms with Gasteiger partial charge in [-0.3, -0.25) is 4.79 Å². The molecule has 3 aromatic rings. The lowest BCUT2D eigenvalue weighted by Gasteiger charge is -2.04. The third kappa shape index (κ3) is 2.44. The van der Waals surface area contributed by atoms with Crippen molar-refractivity contribution in [2.75, 3.05) is 6.79 Å². The highest BCUT2D eigenvalue weighted by molar-refractivity contribution is 5.90. The van der Waals surface area contributed by atoms with Gasteiger partial charge in [-0.2, -0.15) is 4.98 Å². The van der Waals surface area contributed by atoms with Gasteiger partial charge < -0.3 is 14.8 Å². The van der Waals surface area contributed by atoms with Crippen molar-refractivity contribution in [2.24, 2.45) is 0 Å². The molecule has 3 heterocycles. The van der Waals surface area contributed by atoms with Gasteiger partial charge in [0.1, 0.15) is 0 Å². The zero-order chi connectivity index (χ0) is 15.8. The van der Waals surface area contributed by atoms with Gasteiger partial charge in [0.2, 0.25) is 12.6 Å².